The molecule has 0 aliphatic heterocycles. The summed E-state index contributed by atoms with van der Waals surface area (Å²) in [7, 11) is 0. The SMILES string of the molecule is N#Cc1ccccc1NC(=O)COC(=O)CCCOc1ccc(Cl)cc1Cl. The van der Waals surface area contributed by atoms with Gasteiger partial charge in [0.1, 0.15) is 11.8 Å². The number of ether oxygens (including phenoxy) is 2. The first-order valence-electron chi connectivity index (χ1n) is 8.02. The second-order valence-corrected chi connectivity index (χ2v) is 6.24. The Morgan fingerprint density at radius 1 is 1.15 bits per heavy atom. The van der Waals surface area contributed by atoms with Crippen molar-refractivity contribution in [3.05, 3.63) is 58.1 Å². The molecule has 1 amide bonds. The molecular weight excluding hydrogens is 391 g/mol. The highest BCUT2D eigenvalue weighted by Gasteiger charge is 2.10. The summed E-state index contributed by atoms with van der Waals surface area (Å²) in [6.07, 6.45) is 0.490. The van der Waals surface area contributed by atoms with E-state index in [0.717, 1.165) is 0 Å². The number of hydrogen-bond donors (Lipinski definition) is 1. The molecule has 0 spiro atoms. The van der Waals surface area contributed by atoms with Crippen LogP contribution in [-0.4, -0.2) is 25.1 Å². The van der Waals surface area contributed by atoms with Gasteiger partial charge in [-0.25, -0.2) is 0 Å². The van der Waals surface area contributed by atoms with E-state index in [4.69, 9.17) is 37.9 Å². The standard InChI is InChI=1S/C19H16Cl2N2O4/c20-14-7-8-17(15(21)10-14)26-9-3-6-19(25)27-12-18(24)23-16-5-2-1-4-13(16)11-22/h1-2,4-5,7-8,10H,3,6,9,12H2,(H,23,24). The first kappa shape index (κ1) is 20.6. The molecule has 0 saturated heterocycles. The van der Waals surface area contributed by atoms with Crippen LogP contribution in [0.3, 0.4) is 0 Å². The summed E-state index contributed by atoms with van der Waals surface area (Å²) in [5.41, 5.74) is 0.699. The number of carbonyl (C=O) groups is 2. The third-order valence-electron chi connectivity index (χ3n) is 3.36. The molecule has 0 saturated carbocycles. The van der Waals surface area contributed by atoms with Gasteiger partial charge in [0, 0.05) is 11.4 Å². The molecule has 140 valence electrons. The fourth-order valence-electron chi connectivity index (χ4n) is 2.09. The van der Waals surface area contributed by atoms with Crippen LogP contribution in [0.4, 0.5) is 5.69 Å². The number of anilines is 1. The number of nitrogens with zero attached hydrogens (tertiary/aromatic N) is 1. The van der Waals surface area contributed by atoms with Gasteiger partial charge in [-0.05, 0) is 36.8 Å². The molecule has 0 heterocycles. The van der Waals surface area contributed by atoms with E-state index in [0.29, 0.717) is 33.5 Å². The summed E-state index contributed by atoms with van der Waals surface area (Å²) in [6.45, 7) is -0.166. The van der Waals surface area contributed by atoms with E-state index < -0.39 is 18.5 Å². The van der Waals surface area contributed by atoms with Gasteiger partial charge in [0.2, 0.25) is 0 Å². The summed E-state index contributed by atoms with van der Waals surface area (Å²) in [5, 5.41) is 12.4. The summed E-state index contributed by atoms with van der Waals surface area (Å²) in [5.74, 6) is -0.565. The average molecular weight is 407 g/mol. The molecule has 2 aromatic carbocycles. The van der Waals surface area contributed by atoms with Crippen LogP contribution in [0.25, 0.3) is 0 Å². The monoisotopic (exact) mass is 406 g/mol. The number of nitriles is 1. The first-order valence-corrected chi connectivity index (χ1v) is 8.77. The average Bonchev–Trinajstić information content (AvgIpc) is 2.65. The van der Waals surface area contributed by atoms with Gasteiger partial charge < -0.3 is 14.8 Å². The second kappa shape index (κ2) is 10.4. The molecule has 27 heavy (non-hydrogen) atoms. The van der Waals surface area contributed by atoms with E-state index in [-0.39, 0.29) is 13.0 Å². The minimum absolute atomic E-state index is 0.0905. The topological polar surface area (TPSA) is 88.4 Å². The zero-order valence-electron chi connectivity index (χ0n) is 14.2. The van der Waals surface area contributed by atoms with Crippen LogP contribution in [0, 0.1) is 11.3 Å². The van der Waals surface area contributed by atoms with Gasteiger partial charge in [-0.3, -0.25) is 9.59 Å². The van der Waals surface area contributed by atoms with Crippen LogP contribution in [-0.2, 0) is 14.3 Å². The summed E-state index contributed by atoms with van der Waals surface area (Å²) >= 11 is 11.8. The van der Waals surface area contributed by atoms with E-state index in [9.17, 15) is 9.59 Å². The molecule has 0 unspecified atom stereocenters. The summed E-state index contributed by atoms with van der Waals surface area (Å²) in [6, 6.07) is 13.4. The number of para-hydroxylation sites is 1. The van der Waals surface area contributed by atoms with Crippen LogP contribution >= 0.6 is 23.2 Å². The lowest BCUT2D eigenvalue weighted by Crippen LogP contribution is -2.21. The summed E-state index contributed by atoms with van der Waals surface area (Å²) < 4.78 is 10.4. The molecule has 0 aromatic heterocycles. The van der Waals surface area contributed by atoms with Crippen molar-refractivity contribution in [1.29, 1.82) is 5.26 Å². The predicted molar refractivity (Wildman–Crippen MR) is 102 cm³/mol. The van der Waals surface area contributed by atoms with Crippen molar-refractivity contribution in [3.63, 3.8) is 0 Å². The van der Waals surface area contributed by atoms with Gasteiger partial charge in [-0.15, -0.1) is 0 Å². The molecule has 2 rings (SSSR count). The van der Waals surface area contributed by atoms with Crippen molar-refractivity contribution in [2.45, 2.75) is 12.8 Å². The van der Waals surface area contributed by atoms with Crippen molar-refractivity contribution in [2.75, 3.05) is 18.5 Å². The molecule has 2 aromatic rings. The number of nitrogens with one attached hydrogen (secondary N) is 1. The number of hydrogen-bond acceptors (Lipinski definition) is 5. The third-order valence-corrected chi connectivity index (χ3v) is 3.89. The lowest BCUT2D eigenvalue weighted by atomic mass is 10.2. The lowest BCUT2D eigenvalue weighted by Gasteiger charge is -2.09. The second-order valence-electron chi connectivity index (χ2n) is 5.39. The van der Waals surface area contributed by atoms with E-state index >= 15 is 0 Å². The Hall–Kier alpha value is -2.75. The summed E-state index contributed by atoms with van der Waals surface area (Å²) in [4.78, 5) is 23.5. The predicted octanol–water partition coefficient (Wildman–Crippen LogP) is 4.21. The highest BCUT2D eigenvalue weighted by atomic mass is 35.5. The largest absolute Gasteiger partial charge is 0.492 e. The third kappa shape index (κ3) is 6.81. The molecular formula is C19H16Cl2N2O4. The number of rotatable bonds is 8. The first-order chi connectivity index (χ1) is 13.0. The Kier molecular flexibility index (Phi) is 7.93. The van der Waals surface area contributed by atoms with Crippen LogP contribution in [0.5, 0.6) is 5.75 Å². The van der Waals surface area contributed by atoms with Gasteiger partial charge >= 0.3 is 5.97 Å². The number of amides is 1. The Morgan fingerprint density at radius 2 is 1.93 bits per heavy atom. The van der Waals surface area contributed by atoms with E-state index in [1.165, 1.54) is 0 Å². The number of carbonyl (C=O) groups excluding carboxylic acids is 2. The van der Waals surface area contributed by atoms with E-state index in [1.54, 1.807) is 42.5 Å². The fourth-order valence-corrected chi connectivity index (χ4v) is 2.55. The molecule has 1 N–H and O–H groups in total. The molecule has 8 heteroatoms. The van der Waals surface area contributed by atoms with E-state index in [2.05, 4.69) is 5.32 Å². The Labute approximate surface area is 166 Å². The number of benzene rings is 2. The molecule has 0 aliphatic rings. The van der Waals surface area contributed by atoms with Gasteiger partial charge in [0.15, 0.2) is 6.61 Å². The van der Waals surface area contributed by atoms with Gasteiger partial charge in [0.25, 0.3) is 5.91 Å². The molecule has 6 nitrogen and oxygen atoms in total. The maximum Gasteiger partial charge on any atom is 0.306 e. The van der Waals surface area contributed by atoms with E-state index in [1.807, 2.05) is 6.07 Å². The van der Waals surface area contributed by atoms with Gasteiger partial charge in [-0.2, -0.15) is 5.26 Å². The van der Waals surface area contributed by atoms with Crippen LogP contribution in [0.2, 0.25) is 10.0 Å². The van der Waals surface area contributed by atoms with Crippen molar-refractivity contribution in [3.8, 4) is 11.8 Å². The fraction of sp³-hybridized carbons (Fsp3) is 0.211. The lowest BCUT2D eigenvalue weighted by molar-refractivity contribution is -0.147. The van der Waals surface area contributed by atoms with Crippen LogP contribution < -0.4 is 10.1 Å². The van der Waals surface area contributed by atoms with Crippen molar-refractivity contribution in [1.82, 2.24) is 0 Å². The number of halogens is 2. The molecule has 0 fully saturated rings. The maximum atomic E-state index is 11.8. The Balaban J connectivity index is 1.67. The smallest absolute Gasteiger partial charge is 0.306 e. The van der Waals surface area contributed by atoms with Crippen molar-refractivity contribution in [2.24, 2.45) is 0 Å². The highest BCUT2D eigenvalue weighted by molar-refractivity contribution is 6.35. The van der Waals surface area contributed by atoms with Crippen LogP contribution in [0.1, 0.15) is 18.4 Å². The minimum Gasteiger partial charge on any atom is -0.492 e. The van der Waals surface area contributed by atoms with Crippen LogP contribution in [0.15, 0.2) is 42.5 Å². The van der Waals surface area contributed by atoms with Gasteiger partial charge in [-0.1, -0.05) is 35.3 Å². The molecule has 0 radical (unpaired) electrons. The Morgan fingerprint density at radius 3 is 2.67 bits per heavy atom. The minimum atomic E-state index is -0.524. The Bertz CT molecular complexity index is 865. The van der Waals surface area contributed by atoms with Crippen molar-refractivity contribution < 1.29 is 19.1 Å². The number of esters is 1. The zero-order chi connectivity index (χ0) is 19.6. The molecule has 0 aliphatic carbocycles. The van der Waals surface area contributed by atoms with Crippen molar-refractivity contribution >= 4 is 40.8 Å². The molecule has 0 atom stereocenters. The normalized spacial score (nSPS) is 9.96. The highest BCUT2D eigenvalue weighted by Crippen LogP contribution is 2.27. The zero-order valence-corrected chi connectivity index (χ0v) is 15.7. The molecule has 0 bridgehead atoms. The quantitative estimate of drug-likeness (QED) is 0.523. The maximum absolute atomic E-state index is 11.8. The van der Waals surface area contributed by atoms with Gasteiger partial charge in [0.05, 0.1) is 22.9 Å².